The molecule has 0 aliphatic rings. The van der Waals surface area contributed by atoms with Crippen molar-refractivity contribution in [1.82, 2.24) is 9.78 Å². The molecule has 1 aromatic heterocycles. The van der Waals surface area contributed by atoms with Crippen LogP contribution in [0.3, 0.4) is 0 Å². The number of carbonyl (C=O) groups is 2. The van der Waals surface area contributed by atoms with Crippen molar-refractivity contribution in [2.75, 3.05) is 5.32 Å². The van der Waals surface area contributed by atoms with E-state index in [1.165, 1.54) is 6.07 Å². The Kier molecular flexibility index (Phi) is 4.34. The average molecular weight is 330 g/mol. The van der Waals surface area contributed by atoms with Crippen molar-refractivity contribution in [2.45, 2.75) is 12.7 Å². The molecule has 0 fully saturated rings. The van der Waals surface area contributed by atoms with Crippen LogP contribution in [0.25, 0.3) is 0 Å². The molecule has 10 heteroatoms. The van der Waals surface area contributed by atoms with Crippen LogP contribution in [0.2, 0.25) is 0 Å². The SMILES string of the molecule is NC(=O)c1cc(NC(=O)Cn2ccc(C(F)(F)F)n2)ccc1F. The highest BCUT2D eigenvalue weighted by Crippen LogP contribution is 2.27. The van der Waals surface area contributed by atoms with E-state index in [-0.39, 0.29) is 5.69 Å². The van der Waals surface area contributed by atoms with Gasteiger partial charge in [-0.25, -0.2) is 4.39 Å². The largest absolute Gasteiger partial charge is 0.435 e. The van der Waals surface area contributed by atoms with Crippen molar-refractivity contribution in [2.24, 2.45) is 5.73 Å². The maximum Gasteiger partial charge on any atom is 0.435 e. The molecule has 1 heterocycles. The number of amides is 2. The van der Waals surface area contributed by atoms with Crippen LogP contribution in [0.5, 0.6) is 0 Å². The normalized spacial score (nSPS) is 11.3. The number of hydrogen-bond acceptors (Lipinski definition) is 3. The Hall–Kier alpha value is -2.91. The molecule has 2 rings (SSSR count). The molecular formula is C13H10F4N4O2. The van der Waals surface area contributed by atoms with Crippen LogP contribution in [0.4, 0.5) is 23.2 Å². The van der Waals surface area contributed by atoms with Crippen LogP contribution in [-0.2, 0) is 17.5 Å². The standard InChI is InChI=1S/C13H10F4N4O2/c14-9-2-1-7(5-8(9)12(18)23)19-11(22)6-21-4-3-10(20-21)13(15,16)17/h1-5H,6H2,(H2,18,23)(H,19,22). The molecule has 2 aromatic rings. The monoisotopic (exact) mass is 330 g/mol. The minimum Gasteiger partial charge on any atom is -0.366 e. The zero-order valence-electron chi connectivity index (χ0n) is 11.4. The van der Waals surface area contributed by atoms with Crippen LogP contribution in [0.1, 0.15) is 16.1 Å². The topological polar surface area (TPSA) is 90.0 Å². The van der Waals surface area contributed by atoms with E-state index in [2.05, 4.69) is 10.4 Å². The number of primary amides is 1. The van der Waals surface area contributed by atoms with Gasteiger partial charge in [0.25, 0.3) is 5.91 Å². The molecule has 3 N–H and O–H groups in total. The lowest BCUT2D eigenvalue weighted by atomic mass is 10.2. The maximum atomic E-state index is 13.3. The van der Waals surface area contributed by atoms with E-state index in [9.17, 15) is 27.2 Å². The summed E-state index contributed by atoms with van der Waals surface area (Å²) in [4.78, 5) is 22.7. The number of aromatic nitrogens is 2. The van der Waals surface area contributed by atoms with Gasteiger partial charge < -0.3 is 11.1 Å². The van der Waals surface area contributed by atoms with Gasteiger partial charge in [0.15, 0.2) is 5.69 Å². The fourth-order valence-electron chi connectivity index (χ4n) is 1.74. The third-order valence-electron chi connectivity index (χ3n) is 2.75. The molecule has 0 atom stereocenters. The maximum absolute atomic E-state index is 13.3. The lowest BCUT2D eigenvalue weighted by molar-refractivity contribution is -0.141. The van der Waals surface area contributed by atoms with Crippen LogP contribution >= 0.6 is 0 Å². The van der Waals surface area contributed by atoms with Crippen LogP contribution < -0.4 is 11.1 Å². The van der Waals surface area contributed by atoms with Crippen LogP contribution in [-0.4, -0.2) is 21.6 Å². The highest BCUT2D eigenvalue weighted by molar-refractivity contribution is 5.96. The molecule has 0 bridgehead atoms. The smallest absolute Gasteiger partial charge is 0.366 e. The Labute approximate surface area is 126 Å². The van der Waals surface area contributed by atoms with Crippen LogP contribution in [0, 0.1) is 5.82 Å². The second kappa shape index (κ2) is 6.07. The first-order valence-electron chi connectivity index (χ1n) is 6.16. The third kappa shape index (κ3) is 4.05. The van der Waals surface area contributed by atoms with Crippen molar-refractivity contribution in [3.05, 3.63) is 47.5 Å². The number of nitrogens with zero attached hydrogens (tertiary/aromatic N) is 2. The van der Waals surface area contributed by atoms with Crippen molar-refractivity contribution >= 4 is 17.5 Å². The highest BCUT2D eigenvalue weighted by atomic mass is 19.4. The second-order valence-electron chi connectivity index (χ2n) is 4.50. The molecule has 2 amide bonds. The van der Waals surface area contributed by atoms with E-state index in [1.54, 1.807) is 0 Å². The summed E-state index contributed by atoms with van der Waals surface area (Å²) in [6.45, 7) is -0.487. The Morgan fingerprint density at radius 3 is 2.52 bits per heavy atom. The van der Waals surface area contributed by atoms with Gasteiger partial charge in [0.2, 0.25) is 5.91 Å². The predicted octanol–water partition coefficient (Wildman–Crippen LogP) is 1.78. The minimum absolute atomic E-state index is 0.0772. The highest BCUT2D eigenvalue weighted by Gasteiger charge is 2.33. The van der Waals surface area contributed by atoms with Gasteiger partial charge in [-0.3, -0.25) is 14.3 Å². The molecule has 0 unspecified atom stereocenters. The van der Waals surface area contributed by atoms with E-state index in [0.29, 0.717) is 0 Å². The summed E-state index contributed by atoms with van der Waals surface area (Å²) in [7, 11) is 0. The molecule has 1 aromatic carbocycles. The Bertz CT molecular complexity index is 755. The lowest BCUT2D eigenvalue weighted by Gasteiger charge is -2.07. The van der Waals surface area contributed by atoms with Gasteiger partial charge in [-0.15, -0.1) is 0 Å². The fraction of sp³-hybridized carbons (Fsp3) is 0.154. The summed E-state index contributed by atoms with van der Waals surface area (Å²) < 4.78 is 51.3. The van der Waals surface area contributed by atoms with E-state index in [4.69, 9.17) is 5.73 Å². The summed E-state index contributed by atoms with van der Waals surface area (Å²) >= 11 is 0. The number of halogens is 4. The van der Waals surface area contributed by atoms with E-state index in [0.717, 1.165) is 29.1 Å². The molecule has 0 saturated carbocycles. The van der Waals surface area contributed by atoms with Crippen LogP contribution in [0.15, 0.2) is 30.5 Å². The zero-order chi connectivity index (χ0) is 17.2. The number of carbonyl (C=O) groups excluding carboxylic acids is 2. The van der Waals surface area contributed by atoms with Gasteiger partial charge in [0, 0.05) is 11.9 Å². The molecule has 0 spiro atoms. The summed E-state index contributed by atoms with van der Waals surface area (Å²) in [5, 5.41) is 5.53. The lowest BCUT2D eigenvalue weighted by Crippen LogP contribution is -2.20. The van der Waals surface area contributed by atoms with Crippen molar-refractivity contribution in [3.8, 4) is 0 Å². The first-order valence-corrected chi connectivity index (χ1v) is 6.16. The first-order chi connectivity index (χ1) is 10.7. The average Bonchev–Trinajstić information content (AvgIpc) is 2.89. The molecular weight excluding hydrogens is 320 g/mol. The van der Waals surface area contributed by atoms with E-state index >= 15 is 0 Å². The van der Waals surface area contributed by atoms with E-state index < -0.39 is 41.6 Å². The molecule has 0 aliphatic heterocycles. The number of nitrogens with two attached hydrogens (primary N) is 1. The fourth-order valence-corrected chi connectivity index (χ4v) is 1.74. The van der Waals surface area contributed by atoms with Gasteiger partial charge in [-0.05, 0) is 24.3 Å². The zero-order valence-corrected chi connectivity index (χ0v) is 11.4. The third-order valence-corrected chi connectivity index (χ3v) is 2.75. The summed E-state index contributed by atoms with van der Waals surface area (Å²) in [6, 6.07) is 3.88. The number of anilines is 1. The quantitative estimate of drug-likeness (QED) is 0.837. The Morgan fingerprint density at radius 1 is 1.26 bits per heavy atom. The summed E-state index contributed by atoms with van der Waals surface area (Å²) in [6.07, 6.45) is -3.60. The number of alkyl halides is 3. The molecule has 122 valence electrons. The summed E-state index contributed by atoms with van der Waals surface area (Å²) in [5.74, 6) is -2.57. The van der Waals surface area contributed by atoms with Crippen molar-refractivity contribution < 1.29 is 27.2 Å². The molecule has 0 saturated heterocycles. The molecule has 23 heavy (non-hydrogen) atoms. The number of hydrogen-bond donors (Lipinski definition) is 2. The predicted molar refractivity (Wildman–Crippen MR) is 70.8 cm³/mol. The Balaban J connectivity index is 2.07. The van der Waals surface area contributed by atoms with Gasteiger partial charge in [-0.1, -0.05) is 0 Å². The van der Waals surface area contributed by atoms with Gasteiger partial charge in [0.1, 0.15) is 12.4 Å². The molecule has 0 radical (unpaired) electrons. The number of nitrogens with one attached hydrogen (secondary N) is 1. The molecule has 6 nitrogen and oxygen atoms in total. The van der Waals surface area contributed by atoms with Gasteiger partial charge in [-0.2, -0.15) is 18.3 Å². The second-order valence-corrected chi connectivity index (χ2v) is 4.50. The number of benzene rings is 1. The van der Waals surface area contributed by atoms with Gasteiger partial charge in [0.05, 0.1) is 5.56 Å². The van der Waals surface area contributed by atoms with Crippen molar-refractivity contribution in [3.63, 3.8) is 0 Å². The first kappa shape index (κ1) is 16.5. The molecule has 0 aliphatic carbocycles. The Morgan fingerprint density at radius 2 is 1.96 bits per heavy atom. The minimum atomic E-state index is -4.60. The van der Waals surface area contributed by atoms with Gasteiger partial charge >= 0.3 is 6.18 Å². The summed E-state index contributed by atoms with van der Waals surface area (Å²) in [5.41, 5.74) is 3.51. The van der Waals surface area contributed by atoms with E-state index in [1.807, 2.05) is 0 Å². The van der Waals surface area contributed by atoms with Crippen molar-refractivity contribution in [1.29, 1.82) is 0 Å². The number of rotatable bonds is 4.